The molecule has 0 bridgehead atoms. The van der Waals surface area contributed by atoms with Gasteiger partial charge in [0.25, 0.3) is 0 Å². The molecular weight excluding hydrogens is 250 g/mol. The zero-order valence-electron chi connectivity index (χ0n) is 13.3. The van der Waals surface area contributed by atoms with Crippen LogP contribution in [0, 0.1) is 19.3 Å². The van der Waals surface area contributed by atoms with E-state index in [0.29, 0.717) is 13.0 Å². The lowest BCUT2D eigenvalue weighted by Crippen LogP contribution is -2.37. The lowest BCUT2D eigenvalue weighted by Gasteiger charge is -2.21. The second-order valence-corrected chi connectivity index (χ2v) is 6.79. The molecule has 3 heteroatoms. The first kappa shape index (κ1) is 16.7. The molecule has 1 aromatic rings. The van der Waals surface area contributed by atoms with Gasteiger partial charge in [-0.05, 0) is 48.8 Å². The minimum absolute atomic E-state index is 0.163. The first-order valence-electron chi connectivity index (χ1n) is 7.21. The lowest BCUT2D eigenvalue weighted by atomic mass is 9.88. The van der Waals surface area contributed by atoms with E-state index in [1.54, 1.807) is 0 Å². The van der Waals surface area contributed by atoms with Gasteiger partial charge in [0.2, 0.25) is 0 Å². The Bertz CT molecular complexity index is 461. The van der Waals surface area contributed by atoms with E-state index in [0.717, 1.165) is 12.0 Å². The van der Waals surface area contributed by atoms with E-state index in [-0.39, 0.29) is 5.41 Å². The molecule has 0 saturated heterocycles. The maximum atomic E-state index is 11.3. The molecule has 1 rings (SSSR count). The summed E-state index contributed by atoms with van der Waals surface area (Å²) in [4.78, 5) is 11.3. The van der Waals surface area contributed by atoms with Crippen molar-refractivity contribution in [3.63, 3.8) is 0 Å². The Hall–Kier alpha value is -1.35. The van der Waals surface area contributed by atoms with Gasteiger partial charge < -0.3 is 10.4 Å². The Morgan fingerprint density at radius 1 is 1.25 bits per heavy atom. The minimum Gasteiger partial charge on any atom is -0.480 e. The van der Waals surface area contributed by atoms with Gasteiger partial charge in [-0.1, -0.05) is 39.0 Å². The molecule has 0 saturated carbocycles. The van der Waals surface area contributed by atoms with Crippen LogP contribution in [0.3, 0.4) is 0 Å². The highest BCUT2D eigenvalue weighted by molar-refractivity contribution is 5.73. The van der Waals surface area contributed by atoms with E-state index < -0.39 is 12.0 Å². The SMILES string of the molecule is Cc1ccc(CNC(CCC(C)(C)C)C(=O)O)cc1C. The fourth-order valence-corrected chi connectivity index (χ4v) is 2.04. The molecule has 0 radical (unpaired) electrons. The van der Waals surface area contributed by atoms with Crippen LogP contribution in [0.25, 0.3) is 0 Å². The van der Waals surface area contributed by atoms with Crippen LogP contribution in [0.2, 0.25) is 0 Å². The van der Waals surface area contributed by atoms with Gasteiger partial charge in [0.1, 0.15) is 6.04 Å². The van der Waals surface area contributed by atoms with Crippen LogP contribution in [0.5, 0.6) is 0 Å². The molecule has 0 aliphatic heterocycles. The maximum absolute atomic E-state index is 11.3. The number of carboxylic acids is 1. The largest absolute Gasteiger partial charge is 0.480 e. The summed E-state index contributed by atoms with van der Waals surface area (Å²) in [5.41, 5.74) is 3.80. The third kappa shape index (κ3) is 5.74. The van der Waals surface area contributed by atoms with Crippen LogP contribution >= 0.6 is 0 Å². The van der Waals surface area contributed by atoms with Crippen molar-refractivity contribution in [1.29, 1.82) is 0 Å². The molecule has 1 unspecified atom stereocenters. The van der Waals surface area contributed by atoms with Gasteiger partial charge in [-0.2, -0.15) is 0 Å². The van der Waals surface area contributed by atoms with Gasteiger partial charge in [0.05, 0.1) is 0 Å². The predicted octanol–water partition coefficient (Wildman–Crippen LogP) is 3.67. The standard InChI is InChI=1S/C17H27NO2/c1-12-6-7-14(10-13(12)2)11-18-15(16(19)20)8-9-17(3,4)5/h6-7,10,15,18H,8-9,11H2,1-5H3,(H,19,20). The van der Waals surface area contributed by atoms with Crippen molar-refractivity contribution >= 4 is 5.97 Å². The topological polar surface area (TPSA) is 49.3 Å². The molecule has 112 valence electrons. The fraction of sp³-hybridized carbons (Fsp3) is 0.588. The van der Waals surface area contributed by atoms with Crippen LogP contribution in [0.4, 0.5) is 0 Å². The lowest BCUT2D eigenvalue weighted by molar-refractivity contribution is -0.139. The molecular formula is C17H27NO2. The monoisotopic (exact) mass is 277 g/mol. The van der Waals surface area contributed by atoms with Crippen LogP contribution in [-0.2, 0) is 11.3 Å². The molecule has 0 aliphatic carbocycles. The van der Waals surface area contributed by atoms with Crippen molar-refractivity contribution in [1.82, 2.24) is 5.32 Å². The van der Waals surface area contributed by atoms with Gasteiger partial charge in [0.15, 0.2) is 0 Å². The average Bonchev–Trinajstić information content (AvgIpc) is 2.31. The van der Waals surface area contributed by atoms with Crippen molar-refractivity contribution in [2.75, 3.05) is 0 Å². The summed E-state index contributed by atoms with van der Waals surface area (Å²) < 4.78 is 0. The summed E-state index contributed by atoms with van der Waals surface area (Å²) >= 11 is 0. The summed E-state index contributed by atoms with van der Waals surface area (Å²) in [6.07, 6.45) is 1.55. The number of aliphatic carboxylic acids is 1. The van der Waals surface area contributed by atoms with E-state index in [1.165, 1.54) is 11.1 Å². The number of hydrogen-bond acceptors (Lipinski definition) is 2. The molecule has 1 atom stereocenters. The Morgan fingerprint density at radius 3 is 2.40 bits per heavy atom. The number of nitrogens with one attached hydrogen (secondary N) is 1. The van der Waals surface area contributed by atoms with Gasteiger partial charge in [-0.25, -0.2) is 0 Å². The number of benzene rings is 1. The van der Waals surface area contributed by atoms with E-state index in [1.807, 2.05) is 0 Å². The molecule has 0 fully saturated rings. The van der Waals surface area contributed by atoms with E-state index in [9.17, 15) is 9.90 Å². The molecule has 2 N–H and O–H groups in total. The maximum Gasteiger partial charge on any atom is 0.320 e. The molecule has 3 nitrogen and oxygen atoms in total. The molecule has 0 aliphatic rings. The van der Waals surface area contributed by atoms with Gasteiger partial charge in [-0.15, -0.1) is 0 Å². The van der Waals surface area contributed by atoms with Gasteiger partial charge in [0, 0.05) is 6.54 Å². The van der Waals surface area contributed by atoms with E-state index >= 15 is 0 Å². The second kappa shape index (κ2) is 6.89. The molecule has 1 aromatic carbocycles. The first-order chi connectivity index (χ1) is 9.19. The van der Waals surface area contributed by atoms with Crippen molar-refractivity contribution in [3.8, 4) is 0 Å². The van der Waals surface area contributed by atoms with Crippen LogP contribution in [-0.4, -0.2) is 17.1 Å². The van der Waals surface area contributed by atoms with Gasteiger partial charge >= 0.3 is 5.97 Å². The Balaban J connectivity index is 2.58. The molecule has 20 heavy (non-hydrogen) atoms. The van der Waals surface area contributed by atoms with E-state index in [4.69, 9.17) is 0 Å². The summed E-state index contributed by atoms with van der Waals surface area (Å²) in [5, 5.41) is 12.4. The van der Waals surface area contributed by atoms with Crippen LogP contribution in [0.1, 0.15) is 50.3 Å². The minimum atomic E-state index is -0.766. The van der Waals surface area contributed by atoms with Gasteiger partial charge in [-0.3, -0.25) is 4.79 Å². The predicted molar refractivity (Wildman–Crippen MR) is 82.9 cm³/mol. The van der Waals surface area contributed by atoms with Crippen molar-refractivity contribution in [2.45, 2.75) is 60.0 Å². The van der Waals surface area contributed by atoms with Crippen LogP contribution in [0.15, 0.2) is 18.2 Å². The number of carboxylic acid groups (broad SMARTS) is 1. The summed E-state index contributed by atoms with van der Waals surface area (Å²) in [5.74, 6) is -0.766. The normalized spacial score (nSPS) is 13.2. The zero-order chi connectivity index (χ0) is 15.3. The smallest absolute Gasteiger partial charge is 0.320 e. The second-order valence-electron chi connectivity index (χ2n) is 6.79. The quantitative estimate of drug-likeness (QED) is 0.834. The third-order valence-electron chi connectivity index (χ3n) is 3.61. The van der Waals surface area contributed by atoms with E-state index in [2.05, 4.69) is 58.1 Å². The third-order valence-corrected chi connectivity index (χ3v) is 3.61. The first-order valence-corrected chi connectivity index (χ1v) is 7.21. The number of rotatable bonds is 6. The number of aryl methyl sites for hydroxylation is 2. The van der Waals surface area contributed by atoms with Crippen molar-refractivity contribution < 1.29 is 9.90 Å². The molecule has 0 amide bonds. The van der Waals surface area contributed by atoms with Crippen molar-refractivity contribution in [2.24, 2.45) is 5.41 Å². The summed E-state index contributed by atoms with van der Waals surface area (Å²) in [7, 11) is 0. The molecule has 0 heterocycles. The highest BCUT2D eigenvalue weighted by atomic mass is 16.4. The average molecular weight is 277 g/mol. The number of hydrogen-bond donors (Lipinski definition) is 2. The van der Waals surface area contributed by atoms with Crippen molar-refractivity contribution in [3.05, 3.63) is 34.9 Å². The summed E-state index contributed by atoms with van der Waals surface area (Å²) in [6, 6.07) is 5.77. The fourth-order valence-electron chi connectivity index (χ4n) is 2.04. The van der Waals surface area contributed by atoms with Crippen LogP contribution < -0.4 is 5.32 Å². The Morgan fingerprint density at radius 2 is 1.90 bits per heavy atom. The highest BCUT2D eigenvalue weighted by Gasteiger charge is 2.20. The molecule has 0 aromatic heterocycles. The number of carbonyl (C=O) groups is 1. The highest BCUT2D eigenvalue weighted by Crippen LogP contribution is 2.21. The molecule has 0 spiro atoms. The Kier molecular flexibility index (Phi) is 5.75. The summed E-state index contributed by atoms with van der Waals surface area (Å²) in [6.45, 7) is 11.2. The Labute approximate surface area is 122 Å². The zero-order valence-corrected chi connectivity index (χ0v) is 13.3.